The third-order valence-electron chi connectivity index (χ3n) is 3.87. The molecule has 0 spiro atoms. The molecule has 0 aromatic heterocycles. The van der Waals surface area contributed by atoms with Gasteiger partial charge in [-0.1, -0.05) is 26.0 Å². The number of nitrogens with one attached hydrogen (secondary N) is 1. The Labute approximate surface area is 164 Å². The van der Waals surface area contributed by atoms with E-state index in [1.807, 2.05) is 6.07 Å². The number of anilines is 1. The highest BCUT2D eigenvalue weighted by Gasteiger charge is 2.21. The molecular weight excluding hydrogens is 387 g/mol. The number of hydrogen-bond acceptors (Lipinski definition) is 4. The summed E-state index contributed by atoms with van der Waals surface area (Å²) in [7, 11) is -3.51. The van der Waals surface area contributed by atoms with Gasteiger partial charge in [0.15, 0.2) is 0 Å². The van der Waals surface area contributed by atoms with Crippen molar-refractivity contribution in [1.82, 2.24) is 4.31 Å². The summed E-state index contributed by atoms with van der Waals surface area (Å²) < 4.78 is 39.4. The van der Waals surface area contributed by atoms with Crippen molar-refractivity contribution in [1.29, 1.82) is 0 Å². The summed E-state index contributed by atoms with van der Waals surface area (Å²) >= 11 is 1.38. The van der Waals surface area contributed by atoms with Crippen LogP contribution < -0.4 is 5.32 Å². The average Bonchev–Trinajstić information content (AvgIpc) is 2.63. The standard InChI is InChI=1S/C19H23FN2O3S2/c1-3-22(4-2)27(24,25)18-10-8-17(9-11-18)21-19(23)14-26-13-15-6-5-7-16(20)12-15/h5-12H,3-4,13-14H2,1-2H3,(H,21,23). The highest BCUT2D eigenvalue weighted by Crippen LogP contribution is 2.19. The molecule has 0 atom stereocenters. The molecule has 0 heterocycles. The molecule has 0 unspecified atom stereocenters. The Morgan fingerprint density at radius 1 is 1.11 bits per heavy atom. The Morgan fingerprint density at radius 2 is 1.78 bits per heavy atom. The van der Waals surface area contributed by atoms with E-state index in [1.165, 1.54) is 40.3 Å². The highest BCUT2D eigenvalue weighted by atomic mass is 32.2. The fourth-order valence-electron chi connectivity index (χ4n) is 2.51. The first kappa shape index (κ1) is 21.4. The molecule has 1 amide bonds. The number of rotatable bonds is 9. The largest absolute Gasteiger partial charge is 0.325 e. The second-order valence-corrected chi connectivity index (χ2v) is 8.71. The number of sulfonamides is 1. The van der Waals surface area contributed by atoms with Crippen LogP contribution >= 0.6 is 11.8 Å². The second kappa shape index (κ2) is 9.87. The molecule has 2 aromatic rings. The number of hydrogen-bond donors (Lipinski definition) is 1. The lowest BCUT2D eigenvalue weighted by atomic mass is 10.2. The Balaban J connectivity index is 1.89. The van der Waals surface area contributed by atoms with Gasteiger partial charge in [-0.05, 0) is 42.0 Å². The molecule has 0 saturated carbocycles. The van der Waals surface area contributed by atoms with Gasteiger partial charge in [0.2, 0.25) is 15.9 Å². The number of thioether (sulfide) groups is 1. The van der Waals surface area contributed by atoms with Gasteiger partial charge in [0.25, 0.3) is 0 Å². The first-order valence-electron chi connectivity index (χ1n) is 8.59. The van der Waals surface area contributed by atoms with Gasteiger partial charge < -0.3 is 5.32 Å². The maximum Gasteiger partial charge on any atom is 0.243 e. The van der Waals surface area contributed by atoms with Gasteiger partial charge in [-0.15, -0.1) is 11.8 Å². The van der Waals surface area contributed by atoms with Gasteiger partial charge in [-0.2, -0.15) is 4.31 Å². The Morgan fingerprint density at radius 3 is 2.37 bits per heavy atom. The maximum absolute atomic E-state index is 13.1. The van der Waals surface area contributed by atoms with Gasteiger partial charge in [0.05, 0.1) is 10.6 Å². The quantitative estimate of drug-likeness (QED) is 0.684. The number of nitrogens with zero attached hydrogens (tertiary/aromatic N) is 1. The van der Waals surface area contributed by atoms with Crippen LogP contribution in [0.5, 0.6) is 0 Å². The van der Waals surface area contributed by atoms with Crippen LogP contribution in [0.15, 0.2) is 53.4 Å². The van der Waals surface area contributed by atoms with Gasteiger partial charge in [0.1, 0.15) is 5.82 Å². The zero-order valence-corrected chi connectivity index (χ0v) is 16.9. The lowest BCUT2D eigenvalue weighted by Crippen LogP contribution is -2.30. The molecule has 0 aliphatic rings. The SMILES string of the molecule is CCN(CC)S(=O)(=O)c1ccc(NC(=O)CSCc2cccc(F)c2)cc1. The van der Waals surface area contributed by atoms with Crippen LogP contribution in [0.4, 0.5) is 10.1 Å². The van der Waals surface area contributed by atoms with E-state index in [-0.39, 0.29) is 22.4 Å². The van der Waals surface area contributed by atoms with Crippen molar-refractivity contribution >= 4 is 33.4 Å². The van der Waals surface area contributed by atoms with E-state index in [0.29, 0.717) is 24.5 Å². The zero-order valence-electron chi connectivity index (χ0n) is 15.3. The van der Waals surface area contributed by atoms with Crippen LogP contribution in [0, 0.1) is 5.82 Å². The summed E-state index contributed by atoms with van der Waals surface area (Å²) in [5, 5.41) is 2.73. The predicted molar refractivity (Wildman–Crippen MR) is 108 cm³/mol. The number of amides is 1. The topological polar surface area (TPSA) is 66.5 Å². The van der Waals surface area contributed by atoms with Crippen molar-refractivity contribution in [3.8, 4) is 0 Å². The smallest absolute Gasteiger partial charge is 0.243 e. The minimum atomic E-state index is -3.51. The monoisotopic (exact) mass is 410 g/mol. The van der Waals surface area contributed by atoms with Gasteiger partial charge in [-0.3, -0.25) is 4.79 Å². The molecule has 0 saturated heterocycles. The fourth-order valence-corrected chi connectivity index (χ4v) is 4.74. The number of carbonyl (C=O) groups excluding carboxylic acids is 1. The van der Waals surface area contributed by atoms with Crippen LogP contribution in [0.1, 0.15) is 19.4 Å². The first-order valence-corrected chi connectivity index (χ1v) is 11.2. The summed E-state index contributed by atoms with van der Waals surface area (Å²) in [5.41, 5.74) is 1.35. The van der Waals surface area contributed by atoms with Crippen LogP contribution in [0.3, 0.4) is 0 Å². The molecule has 0 aliphatic carbocycles. The van der Waals surface area contributed by atoms with Crippen LogP contribution in [0.2, 0.25) is 0 Å². The molecule has 0 fully saturated rings. The second-order valence-electron chi connectivity index (χ2n) is 5.78. The molecule has 27 heavy (non-hydrogen) atoms. The van der Waals surface area contributed by atoms with Crippen molar-refractivity contribution in [2.24, 2.45) is 0 Å². The van der Waals surface area contributed by atoms with Gasteiger partial charge >= 0.3 is 0 Å². The zero-order chi connectivity index (χ0) is 19.9. The van der Waals surface area contributed by atoms with E-state index in [1.54, 1.807) is 32.0 Å². The molecular formula is C19H23FN2O3S2. The van der Waals surface area contributed by atoms with E-state index in [2.05, 4.69) is 5.32 Å². The van der Waals surface area contributed by atoms with E-state index in [9.17, 15) is 17.6 Å². The minimum Gasteiger partial charge on any atom is -0.325 e. The van der Waals surface area contributed by atoms with Gasteiger partial charge in [0, 0.05) is 24.5 Å². The molecule has 8 heteroatoms. The molecule has 5 nitrogen and oxygen atoms in total. The highest BCUT2D eigenvalue weighted by molar-refractivity contribution is 7.99. The number of benzene rings is 2. The first-order chi connectivity index (χ1) is 12.9. The maximum atomic E-state index is 13.1. The average molecular weight is 411 g/mol. The number of carbonyl (C=O) groups is 1. The minimum absolute atomic E-state index is 0.198. The summed E-state index contributed by atoms with van der Waals surface area (Å²) in [6.07, 6.45) is 0. The molecule has 2 rings (SSSR count). The van der Waals surface area contributed by atoms with Gasteiger partial charge in [-0.25, -0.2) is 12.8 Å². The van der Waals surface area contributed by atoms with E-state index in [0.717, 1.165) is 5.56 Å². The molecule has 0 radical (unpaired) electrons. The molecule has 0 bridgehead atoms. The van der Waals surface area contributed by atoms with Crippen molar-refractivity contribution in [3.05, 3.63) is 59.9 Å². The summed E-state index contributed by atoms with van der Waals surface area (Å²) in [4.78, 5) is 12.2. The molecule has 2 aromatic carbocycles. The lowest BCUT2D eigenvalue weighted by molar-refractivity contribution is -0.113. The van der Waals surface area contributed by atoms with E-state index < -0.39 is 10.0 Å². The van der Waals surface area contributed by atoms with E-state index >= 15 is 0 Å². The van der Waals surface area contributed by atoms with Crippen molar-refractivity contribution in [2.75, 3.05) is 24.2 Å². The van der Waals surface area contributed by atoms with Crippen LogP contribution in [-0.2, 0) is 20.6 Å². The van der Waals surface area contributed by atoms with Crippen molar-refractivity contribution in [3.63, 3.8) is 0 Å². The van der Waals surface area contributed by atoms with Crippen molar-refractivity contribution in [2.45, 2.75) is 24.5 Å². The third-order valence-corrected chi connectivity index (χ3v) is 6.94. The van der Waals surface area contributed by atoms with E-state index in [4.69, 9.17) is 0 Å². The Kier molecular flexibility index (Phi) is 7.82. The molecule has 146 valence electrons. The molecule has 0 aliphatic heterocycles. The normalized spacial score (nSPS) is 11.6. The Bertz CT molecular complexity index is 867. The summed E-state index contributed by atoms with van der Waals surface area (Å²) in [5.74, 6) is 0.260. The third kappa shape index (κ3) is 6.05. The predicted octanol–water partition coefficient (Wildman–Crippen LogP) is 3.73. The Hall–Kier alpha value is -1.90. The number of halogens is 1. The fraction of sp³-hybridized carbons (Fsp3) is 0.316. The summed E-state index contributed by atoms with van der Waals surface area (Å²) in [6.45, 7) is 4.38. The molecule has 1 N–H and O–H groups in total. The summed E-state index contributed by atoms with van der Waals surface area (Å²) in [6, 6.07) is 12.4. The van der Waals surface area contributed by atoms with Crippen molar-refractivity contribution < 1.29 is 17.6 Å². The van der Waals surface area contributed by atoms with Crippen LogP contribution in [-0.4, -0.2) is 37.5 Å². The lowest BCUT2D eigenvalue weighted by Gasteiger charge is -2.18. The van der Waals surface area contributed by atoms with Crippen LogP contribution in [0.25, 0.3) is 0 Å².